The zero-order chi connectivity index (χ0) is 12.3. The second-order valence-electron chi connectivity index (χ2n) is 3.47. The highest BCUT2D eigenvalue weighted by molar-refractivity contribution is 6.34. The maximum Gasteiger partial charge on any atom is 0.338 e. The first-order valence-electron chi connectivity index (χ1n) is 4.85. The lowest BCUT2D eigenvalue weighted by Crippen LogP contribution is -2.17. The van der Waals surface area contributed by atoms with E-state index in [9.17, 15) is 9.59 Å². The molecule has 1 aromatic carbocycles. The Labute approximate surface area is 99.4 Å². The summed E-state index contributed by atoms with van der Waals surface area (Å²) in [6.45, 7) is 3.33. The number of carbonyl (C=O) groups is 2. The maximum absolute atomic E-state index is 11.8. The predicted octanol–water partition coefficient (Wildman–Crippen LogP) is 2.59. The molecule has 0 fully saturated rings. The molecule has 3 nitrogen and oxygen atoms in total. The fraction of sp³-hybridized carbons (Fsp3) is 0.333. The average molecular weight is 241 g/mol. The van der Waals surface area contributed by atoms with Crippen LogP contribution in [-0.4, -0.2) is 24.2 Å². The number of hydrogen-bond donors (Lipinski definition) is 0. The van der Waals surface area contributed by atoms with E-state index >= 15 is 0 Å². The molecule has 1 aromatic rings. The molecule has 0 radical (unpaired) electrons. The molecule has 1 rings (SSSR count). The molecule has 0 N–H and O–H groups in total. The molecular weight excluding hydrogens is 228 g/mol. The van der Waals surface area contributed by atoms with Crippen molar-refractivity contribution in [1.29, 1.82) is 0 Å². The number of halogens is 1. The number of hydrogen-bond acceptors (Lipinski definition) is 3. The van der Waals surface area contributed by atoms with Crippen molar-refractivity contribution in [2.45, 2.75) is 19.2 Å². The molecule has 0 aliphatic rings. The van der Waals surface area contributed by atoms with Gasteiger partial charge in [-0.05, 0) is 19.4 Å². The molecular formula is C12H13ClO3. The predicted molar refractivity (Wildman–Crippen MR) is 62.2 cm³/mol. The summed E-state index contributed by atoms with van der Waals surface area (Å²) >= 11 is 5.73. The Hall–Kier alpha value is -1.35. The van der Waals surface area contributed by atoms with Crippen molar-refractivity contribution >= 4 is 23.4 Å². The lowest BCUT2D eigenvalue weighted by atomic mass is 9.97. The van der Waals surface area contributed by atoms with Crippen molar-refractivity contribution in [3.8, 4) is 0 Å². The van der Waals surface area contributed by atoms with Crippen LogP contribution in [0.1, 0.15) is 33.2 Å². The van der Waals surface area contributed by atoms with Crippen molar-refractivity contribution < 1.29 is 14.3 Å². The summed E-state index contributed by atoms with van der Waals surface area (Å²) in [6.07, 6.45) is 0. The molecule has 0 spiro atoms. The highest BCUT2D eigenvalue weighted by atomic mass is 35.5. The molecule has 0 aliphatic heterocycles. The first kappa shape index (κ1) is 12.7. The lowest BCUT2D eigenvalue weighted by Gasteiger charge is -2.10. The van der Waals surface area contributed by atoms with E-state index in [-0.39, 0.29) is 5.78 Å². The molecule has 86 valence electrons. The van der Waals surface area contributed by atoms with Gasteiger partial charge in [0.1, 0.15) is 0 Å². The van der Waals surface area contributed by atoms with Gasteiger partial charge in [-0.25, -0.2) is 4.79 Å². The topological polar surface area (TPSA) is 43.4 Å². The smallest absolute Gasteiger partial charge is 0.338 e. The Bertz CT molecular complexity index is 424. The molecule has 16 heavy (non-hydrogen) atoms. The van der Waals surface area contributed by atoms with Crippen LogP contribution in [0.5, 0.6) is 0 Å². The molecule has 1 unspecified atom stereocenters. The Balaban J connectivity index is 3.34. The van der Waals surface area contributed by atoms with Crippen molar-refractivity contribution in [2.24, 2.45) is 0 Å². The lowest BCUT2D eigenvalue weighted by molar-refractivity contribution is 0.0596. The van der Waals surface area contributed by atoms with E-state index in [0.717, 1.165) is 0 Å². The highest BCUT2D eigenvalue weighted by Crippen LogP contribution is 2.18. The van der Waals surface area contributed by atoms with Crippen LogP contribution in [-0.2, 0) is 4.74 Å². The van der Waals surface area contributed by atoms with Crippen LogP contribution < -0.4 is 0 Å². The molecule has 0 saturated heterocycles. The van der Waals surface area contributed by atoms with Crippen molar-refractivity contribution in [1.82, 2.24) is 0 Å². The average Bonchev–Trinajstić information content (AvgIpc) is 2.26. The number of alkyl halides is 1. The summed E-state index contributed by atoms with van der Waals surface area (Å²) in [6, 6.07) is 5.05. The van der Waals surface area contributed by atoms with Gasteiger partial charge < -0.3 is 4.74 Å². The minimum Gasteiger partial charge on any atom is -0.465 e. The summed E-state index contributed by atoms with van der Waals surface area (Å²) < 4.78 is 4.65. The largest absolute Gasteiger partial charge is 0.465 e. The van der Waals surface area contributed by atoms with E-state index in [1.54, 1.807) is 32.0 Å². The first-order chi connectivity index (χ1) is 7.49. The monoisotopic (exact) mass is 240 g/mol. The van der Waals surface area contributed by atoms with E-state index in [0.29, 0.717) is 16.7 Å². The minimum absolute atomic E-state index is 0.272. The summed E-state index contributed by atoms with van der Waals surface area (Å²) in [5.41, 5.74) is 1.31. The summed E-state index contributed by atoms with van der Waals surface area (Å²) in [4.78, 5) is 23.4. The van der Waals surface area contributed by atoms with Crippen LogP contribution in [0, 0.1) is 6.92 Å². The van der Waals surface area contributed by atoms with E-state index < -0.39 is 11.3 Å². The van der Waals surface area contributed by atoms with Gasteiger partial charge in [-0.1, -0.05) is 18.2 Å². The molecule has 1 atom stereocenters. The van der Waals surface area contributed by atoms with Gasteiger partial charge in [-0.2, -0.15) is 0 Å². The number of Topliss-reactive ketones (excluding diaryl/α,β-unsaturated/α-hetero) is 1. The number of esters is 1. The fourth-order valence-electron chi connectivity index (χ4n) is 1.46. The van der Waals surface area contributed by atoms with Crippen molar-refractivity contribution in [3.05, 3.63) is 34.9 Å². The van der Waals surface area contributed by atoms with Gasteiger partial charge in [0.05, 0.1) is 18.1 Å². The molecule has 0 aromatic heterocycles. The Morgan fingerprint density at radius 3 is 2.50 bits per heavy atom. The van der Waals surface area contributed by atoms with Crippen LogP contribution >= 0.6 is 11.6 Å². The Morgan fingerprint density at radius 2 is 2.00 bits per heavy atom. The summed E-state index contributed by atoms with van der Waals surface area (Å²) in [5, 5.41) is -0.662. The van der Waals surface area contributed by atoms with E-state index in [1.807, 2.05) is 0 Å². The van der Waals surface area contributed by atoms with Gasteiger partial charge in [0.15, 0.2) is 5.78 Å². The maximum atomic E-state index is 11.8. The van der Waals surface area contributed by atoms with Gasteiger partial charge in [0.2, 0.25) is 0 Å². The second kappa shape index (κ2) is 5.12. The summed E-state index contributed by atoms with van der Waals surface area (Å²) in [7, 11) is 1.28. The Morgan fingerprint density at radius 1 is 1.38 bits per heavy atom. The van der Waals surface area contributed by atoms with Gasteiger partial charge >= 0.3 is 5.97 Å². The van der Waals surface area contributed by atoms with Crippen LogP contribution in [0.3, 0.4) is 0 Å². The van der Waals surface area contributed by atoms with Gasteiger partial charge in [-0.3, -0.25) is 4.79 Å². The first-order valence-corrected chi connectivity index (χ1v) is 5.29. The SMILES string of the molecule is COC(=O)c1c(C)cccc1C(=O)C(C)Cl. The highest BCUT2D eigenvalue weighted by Gasteiger charge is 2.22. The number of carbonyl (C=O) groups excluding carboxylic acids is 2. The zero-order valence-electron chi connectivity index (χ0n) is 9.41. The molecule has 0 aliphatic carbocycles. The van der Waals surface area contributed by atoms with Crippen molar-refractivity contribution in [3.63, 3.8) is 0 Å². The molecule has 4 heteroatoms. The van der Waals surface area contributed by atoms with Gasteiger partial charge in [0, 0.05) is 5.56 Å². The number of methoxy groups -OCH3 is 1. The number of ether oxygens (including phenoxy) is 1. The third kappa shape index (κ3) is 2.42. The quantitative estimate of drug-likeness (QED) is 0.463. The van der Waals surface area contributed by atoms with E-state index in [2.05, 4.69) is 4.74 Å². The number of aryl methyl sites for hydroxylation is 1. The minimum atomic E-state index is -0.662. The van der Waals surface area contributed by atoms with Crippen LogP contribution in [0.4, 0.5) is 0 Å². The van der Waals surface area contributed by atoms with E-state index in [4.69, 9.17) is 11.6 Å². The van der Waals surface area contributed by atoms with Crippen LogP contribution in [0.15, 0.2) is 18.2 Å². The standard InChI is InChI=1S/C12H13ClO3/c1-7-5-4-6-9(11(14)8(2)13)10(7)12(15)16-3/h4-6,8H,1-3H3. The molecule has 0 bridgehead atoms. The van der Waals surface area contributed by atoms with Crippen LogP contribution in [0.2, 0.25) is 0 Å². The van der Waals surface area contributed by atoms with Gasteiger partial charge in [0.25, 0.3) is 0 Å². The molecule has 0 heterocycles. The Kier molecular flexibility index (Phi) is 4.07. The van der Waals surface area contributed by atoms with E-state index in [1.165, 1.54) is 7.11 Å². The second-order valence-corrected chi connectivity index (χ2v) is 4.12. The number of rotatable bonds is 3. The zero-order valence-corrected chi connectivity index (χ0v) is 10.2. The third-order valence-electron chi connectivity index (χ3n) is 2.29. The molecule has 0 amide bonds. The fourth-order valence-corrected chi connectivity index (χ4v) is 1.58. The molecule has 0 saturated carbocycles. The third-order valence-corrected chi connectivity index (χ3v) is 2.49. The number of ketones is 1. The summed E-state index contributed by atoms with van der Waals surface area (Å²) in [5.74, 6) is -0.787. The van der Waals surface area contributed by atoms with Crippen LogP contribution in [0.25, 0.3) is 0 Å². The normalized spacial score (nSPS) is 12.0. The van der Waals surface area contributed by atoms with Crippen molar-refractivity contribution in [2.75, 3.05) is 7.11 Å². The van der Waals surface area contributed by atoms with Gasteiger partial charge in [-0.15, -0.1) is 11.6 Å². The number of benzene rings is 1.